The molecule has 1 aromatic carbocycles. The van der Waals surface area contributed by atoms with E-state index in [1.165, 1.54) is 6.07 Å². The van der Waals surface area contributed by atoms with Crippen LogP contribution in [0.5, 0.6) is 0 Å². The third-order valence-electron chi connectivity index (χ3n) is 3.44. The number of hydrogen-bond donors (Lipinski definition) is 2. The summed E-state index contributed by atoms with van der Waals surface area (Å²) in [7, 11) is 1.74. The molecule has 2 heterocycles. The van der Waals surface area contributed by atoms with Gasteiger partial charge in [0.15, 0.2) is 11.8 Å². The third-order valence-corrected chi connectivity index (χ3v) is 3.76. The molecular weight excluding hydrogens is 293 g/mol. The Balaban J connectivity index is 2.17. The Labute approximate surface area is 126 Å². The summed E-state index contributed by atoms with van der Waals surface area (Å²) in [6.45, 7) is 0. The van der Waals surface area contributed by atoms with E-state index in [0.29, 0.717) is 11.5 Å². The summed E-state index contributed by atoms with van der Waals surface area (Å²) in [6, 6.07) is 7.92. The second-order valence-electron chi connectivity index (χ2n) is 4.73. The predicted octanol–water partition coefficient (Wildman–Crippen LogP) is 2.39. The molecule has 0 spiro atoms. The largest absolute Gasteiger partial charge is 0.369 e. The van der Waals surface area contributed by atoms with Gasteiger partial charge in [0.25, 0.3) is 0 Å². The van der Waals surface area contributed by atoms with Crippen LogP contribution < -0.4 is 11.5 Å². The van der Waals surface area contributed by atoms with Gasteiger partial charge < -0.3 is 16.4 Å². The zero-order valence-corrected chi connectivity index (χ0v) is 12.0. The molecule has 5 nitrogen and oxygen atoms in total. The van der Waals surface area contributed by atoms with Crippen molar-refractivity contribution in [1.82, 2.24) is 9.88 Å². The van der Waals surface area contributed by atoms with Crippen molar-refractivity contribution in [2.24, 2.45) is 16.5 Å². The molecule has 0 saturated carbocycles. The Hall–Kier alpha value is -2.18. The van der Waals surface area contributed by atoms with E-state index in [4.69, 9.17) is 23.1 Å². The van der Waals surface area contributed by atoms with Gasteiger partial charge in [0.05, 0.1) is 16.3 Å². The highest BCUT2D eigenvalue weighted by Crippen LogP contribution is 2.34. The van der Waals surface area contributed by atoms with Gasteiger partial charge in [-0.1, -0.05) is 17.7 Å². The van der Waals surface area contributed by atoms with Gasteiger partial charge in [0.1, 0.15) is 12.0 Å². The number of aliphatic imine (C=N–C) groups is 1. The van der Waals surface area contributed by atoms with Gasteiger partial charge in [-0.15, -0.1) is 0 Å². The van der Waals surface area contributed by atoms with Gasteiger partial charge in [-0.05, 0) is 24.3 Å². The normalized spacial score (nSPS) is 17.4. The molecule has 0 aliphatic carbocycles. The number of rotatable bonds is 1. The van der Waals surface area contributed by atoms with Crippen LogP contribution in [0.2, 0.25) is 5.02 Å². The highest BCUT2D eigenvalue weighted by Gasteiger charge is 2.24. The van der Waals surface area contributed by atoms with Crippen LogP contribution in [-0.4, -0.2) is 22.9 Å². The smallest absolute Gasteiger partial charge is 0.199 e. The van der Waals surface area contributed by atoms with Crippen molar-refractivity contribution in [3.8, 4) is 11.3 Å². The molecule has 1 aromatic heterocycles. The van der Waals surface area contributed by atoms with Crippen LogP contribution in [-0.2, 0) is 0 Å². The number of guanidine groups is 1. The first-order valence-corrected chi connectivity index (χ1v) is 6.64. The monoisotopic (exact) mass is 305 g/mol. The molecule has 7 heteroatoms. The summed E-state index contributed by atoms with van der Waals surface area (Å²) in [5.41, 5.74) is 13.2. The highest BCUT2D eigenvalue weighted by molar-refractivity contribution is 6.33. The minimum Gasteiger partial charge on any atom is -0.369 e. The average Bonchev–Trinajstić information content (AvgIpc) is 2.44. The zero-order chi connectivity index (χ0) is 15.1. The molecule has 0 saturated heterocycles. The summed E-state index contributed by atoms with van der Waals surface area (Å²) in [5, 5.41) is 0.289. The standard InChI is InChI=1S/C14H13ClFN5/c1-21-12(17)7-5-6-10(19-13(7)20-14(21)18)11-8(15)3-2-4-9(11)16/h2-6,12H,17H2,1H3,(H2,18,19,20). The van der Waals surface area contributed by atoms with Crippen molar-refractivity contribution in [3.05, 3.63) is 46.7 Å². The fourth-order valence-corrected chi connectivity index (χ4v) is 2.46. The lowest BCUT2D eigenvalue weighted by Crippen LogP contribution is -2.43. The SMILES string of the molecule is CN1C(N)=Nc2nc(-c3c(F)cccc3Cl)ccc2C1N. The van der Waals surface area contributed by atoms with Gasteiger partial charge in [-0.2, -0.15) is 4.99 Å². The number of hydrogen-bond acceptors (Lipinski definition) is 5. The van der Waals surface area contributed by atoms with Gasteiger partial charge in [0, 0.05) is 12.6 Å². The summed E-state index contributed by atoms with van der Waals surface area (Å²) in [6.07, 6.45) is -0.435. The molecular formula is C14H13ClFN5. The predicted molar refractivity (Wildman–Crippen MR) is 80.6 cm³/mol. The second kappa shape index (κ2) is 4.98. The van der Waals surface area contributed by atoms with Crippen LogP contribution in [0.25, 0.3) is 11.3 Å². The number of fused-ring (bicyclic) bond motifs is 1. The van der Waals surface area contributed by atoms with Gasteiger partial charge in [0.2, 0.25) is 0 Å². The number of nitrogens with zero attached hydrogens (tertiary/aromatic N) is 3. The molecule has 1 aliphatic rings. The maximum absolute atomic E-state index is 14.0. The number of benzene rings is 1. The molecule has 0 amide bonds. The van der Waals surface area contributed by atoms with E-state index >= 15 is 0 Å². The molecule has 0 fully saturated rings. The lowest BCUT2D eigenvalue weighted by atomic mass is 10.1. The number of aromatic nitrogens is 1. The van der Waals surface area contributed by atoms with Crippen molar-refractivity contribution in [2.75, 3.05) is 7.05 Å². The summed E-state index contributed by atoms with van der Waals surface area (Å²) >= 11 is 6.05. The Morgan fingerprint density at radius 1 is 1.29 bits per heavy atom. The van der Waals surface area contributed by atoms with Crippen LogP contribution in [0, 0.1) is 5.82 Å². The minimum absolute atomic E-state index is 0.239. The fraction of sp³-hybridized carbons (Fsp3) is 0.143. The van der Waals surface area contributed by atoms with E-state index in [1.807, 2.05) is 0 Å². The summed E-state index contributed by atoms with van der Waals surface area (Å²) in [5.74, 6) is 0.207. The number of halogens is 2. The summed E-state index contributed by atoms with van der Waals surface area (Å²) < 4.78 is 14.0. The van der Waals surface area contributed by atoms with Gasteiger partial charge in [-0.25, -0.2) is 9.37 Å². The lowest BCUT2D eigenvalue weighted by molar-refractivity contribution is 0.374. The molecule has 1 aliphatic heterocycles. The minimum atomic E-state index is -0.441. The second-order valence-corrected chi connectivity index (χ2v) is 5.14. The van der Waals surface area contributed by atoms with E-state index in [2.05, 4.69) is 9.98 Å². The van der Waals surface area contributed by atoms with Crippen molar-refractivity contribution < 1.29 is 4.39 Å². The molecule has 21 heavy (non-hydrogen) atoms. The van der Waals surface area contributed by atoms with Crippen LogP contribution in [0.1, 0.15) is 11.7 Å². The van der Waals surface area contributed by atoms with Crippen molar-refractivity contribution in [3.63, 3.8) is 0 Å². The van der Waals surface area contributed by atoms with E-state index in [0.717, 1.165) is 5.56 Å². The van der Waals surface area contributed by atoms with Crippen LogP contribution in [0.15, 0.2) is 35.3 Å². The van der Waals surface area contributed by atoms with Crippen molar-refractivity contribution >= 4 is 23.4 Å². The van der Waals surface area contributed by atoms with Gasteiger partial charge in [-0.3, -0.25) is 0 Å². The van der Waals surface area contributed by atoms with Gasteiger partial charge >= 0.3 is 0 Å². The maximum atomic E-state index is 14.0. The van der Waals surface area contributed by atoms with Crippen LogP contribution in [0.4, 0.5) is 10.2 Å². The first-order valence-electron chi connectivity index (χ1n) is 6.27. The molecule has 0 radical (unpaired) electrons. The van der Waals surface area contributed by atoms with Crippen LogP contribution >= 0.6 is 11.6 Å². The Morgan fingerprint density at radius 3 is 2.76 bits per heavy atom. The maximum Gasteiger partial charge on any atom is 0.199 e. The first kappa shape index (κ1) is 13.8. The Kier molecular flexibility index (Phi) is 3.27. The molecule has 1 unspecified atom stereocenters. The molecule has 0 bridgehead atoms. The van der Waals surface area contributed by atoms with Crippen molar-refractivity contribution in [2.45, 2.75) is 6.17 Å². The molecule has 3 rings (SSSR count). The van der Waals surface area contributed by atoms with E-state index in [-0.39, 0.29) is 16.5 Å². The summed E-state index contributed by atoms with van der Waals surface area (Å²) in [4.78, 5) is 10.2. The number of nitrogens with two attached hydrogens (primary N) is 2. The zero-order valence-electron chi connectivity index (χ0n) is 11.2. The number of pyridine rings is 1. The Bertz CT molecular complexity index is 726. The molecule has 108 valence electrons. The topological polar surface area (TPSA) is 80.5 Å². The van der Waals surface area contributed by atoms with E-state index < -0.39 is 12.0 Å². The Morgan fingerprint density at radius 2 is 2.05 bits per heavy atom. The fourth-order valence-electron chi connectivity index (χ4n) is 2.20. The first-order chi connectivity index (χ1) is 9.99. The lowest BCUT2D eigenvalue weighted by Gasteiger charge is -2.30. The highest BCUT2D eigenvalue weighted by atomic mass is 35.5. The third kappa shape index (κ3) is 2.22. The quantitative estimate of drug-likeness (QED) is 0.847. The molecule has 4 N–H and O–H groups in total. The average molecular weight is 306 g/mol. The van der Waals surface area contributed by atoms with E-state index in [1.54, 1.807) is 36.2 Å². The van der Waals surface area contributed by atoms with E-state index in [9.17, 15) is 4.39 Å². The molecule has 2 aromatic rings. The van der Waals surface area contributed by atoms with Crippen LogP contribution in [0.3, 0.4) is 0 Å². The van der Waals surface area contributed by atoms with Crippen molar-refractivity contribution in [1.29, 1.82) is 0 Å². The molecule has 1 atom stereocenters.